The van der Waals surface area contributed by atoms with Crippen molar-refractivity contribution < 1.29 is 14.3 Å². The van der Waals surface area contributed by atoms with Gasteiger partial charge in [0.1, 0.15) is 5.75 Å². The monoisotopic (exact) mass is 284 g/mol. The Morgan fingerprint density at radius 3 is 2.81 bits per heavy atom. The molecule has 1 aromatic carbocycles. The largest absolute Gasteiger partial charge is 0.489 e. The van der Waals surface area contributed by atoms with Gasteiger partial charge in [0.15, 0.2) is 0 Å². The summed E-state index contributed by atoms with van der Waals surface area (Å²) >= 11 is 3.39. The van der Waals surface area contributed by atoms with Gasteiger partial charge >= 0.3 is 5.97 Å². The number of esters is 1. The fourth-order valence-electron chi connectivity index (χ4n) is 1.30. The van der Waals surface area contributed by atoms with Crippen molar-refractivity contribution in [2.45, 2.75) is 25.9 Å². The number of carbonyl (C=O) groups excluding carboxylic acids is 1. The van der Waals surface area contributed by atoms with Crippen molar-refractivity contribution in [2.75, 3.05) is 6.61 Å². The summed E-state index contributed by atoms with van der Waals surface area (Å²) in [4.78, 5) is 11.5. The third kappa shape index (κ3) is 2.76. The Kier molecular flexibility index (Phi) is 3.49. The molecule has 86 valence electrons. The second-order valence-electron chi connectivity index (χ2n) is 3.68. The Hall–Kier alpha value is -1.03. The van der Waals surface area contributed by atoms with Crippen LogP contribution in [0.3, 0.4) is 0 Å². The number of hydrogen-bond acceptors (Lipinski definition) is 3. The molecule has 1 fully saturated rings. The average Bonchev–Trinajstić information content (AvgIpc) is 3.05. The first-order chi connectivity index (χ1) is 7.70. The highest BCUT2D eigenvalue weighted by atomic mass is 79.9. The van der Waals surface area contributed by atoms with E-state index in [0.29, 0.717) is 18.3 Å². The Morgan fingerprint density at radius 2 is 2.25 bits per heavy atom. The number of halogens is 1. The summed E-state index contributed by atoms with van der Waals surface area (Å²) in [6.45, 7) is 2.17. The average molecular weight is 285 g/mol. The Labute approximate surface area is 103 Å². The molecule has 0 aromatic heterocycles. The zero-order valence-electron chi connectivity index (χ0n) is 9.03. The molecule has 1 aromatic rings. The molecular formula is C12H13BrO3. The van der Waals surface area contributed by atoms with Gasteiger partial charge in [-0.3, -0.25) is 0 Å². The van der Waals surface area contributed by atoms with Gasteiger partial charge in [0.25, 0.3) is 0 Å². The molecule has 4 heteroatoms. The third-order valence-electron chi connectivity index (χ3n) is 2.26. The Morgan fingerprint density at radius 1 is 1.50 bits per heavy atom. The first kappa shape index (κ1) is 11.5. The maximum Gasteiger partial charge on any atom is 0.338 e. The van der Waals surface area contributed by atoms with Crippen LogP contribution in [0.5, 0.6) is 5.75 Å². The molecule has 0 bridgehead atoms. The highest BCUT2D eigenvalue weighted by Gasteiger charge is 2.24. The fraction of sp³-hybridized carbons (Fsp3) is 0.417. The summed E-state index contributed by atoms with van der Waals surface area (Å²) in [5, 5.41) is 0. The van der Waals surface area contributed by atoms with Crippen LogP contribution in [0.25, 0.3) is 0 Å². The molecule has 0 spiro atoms. The molecule has 0 amide bonds. The summed E-state index contributed by atoms with van der Waals surface area (Å²) in [6.07, 6.45) is 2.59. The lowest BCUT2D eigenvalue weighted by Gasteiger charge is -2.08. The molecule has 1 saturated carbocycles. The predicted octanol–water partition coefficient (Wildman–Crippen LogP) is 3.17. The van der Waals surface area contributed by atoms with E-state index in [1.165, 1.54) is 0 Å². The van der Waals surface area contributed by atoms with E-state index in [9.17, 15) is 4.79 Å². The van der Waals surface area contributed by atoms with E-state index in [2.05, 4.69) is 15.9 Å². The molecule has 0 heterocycles. The van der Waals surface area contributed by atoms with Gasteiger partial charge in [-0.1, -0.05) is 0 Å². The van der Waals surface area contributed by atoms with Crippen LogP contribution >= 0.6 is 15.9 Å². The topological polar surface area (TPSA) is 35.5 Å². The van der Waals surface area contributed by atoms with Gasteiger partial charge in [0.05, 0.1) is 22.7 Å². The lowest BCUT2D eigenvalue weighted by Crippen LogP contribution is -2.05. The van der Waals surface area contributed by atoms with E-state index < -0.39 is 0 Å². The van der Waals surface area contributed by atoms with E-state index in [1.54, 1.807) is 25.1 Å². The maximum atomic E-state index is 11.5. The van der Waals surface area contributed by atoms with Gasteiger partial charge in [-0.05, 0) is 53.9 Å². The standard InChI is InChI=1S/C12H13BrO3/c1-2-15-12(14)8-3-6-11(10(13)7-8)16-9-4-5-9/h3,6-7,9H,2,4-5H2,1H3. The van der Waals surface area contributed by atoms with E-state index in [-0.39, 0.29) is 5.97 Å². The minimum Gasteiger partial charge on any atom is -0.489 e. The smallest absolute Gasteiger partial charge is 0.338 e. The van der Waals surface area contributed by atoms with Gasteiger partial charge < -0.3 is 9.47 Å². The van der Waals surface area contributed by atoms with Gasteiger partial charge in [-0.25, -0.2) is 4.79 Å². The first-order valence-corrected chi connectivity index (χ1v) is 6.13. The lowest BCUT2D eigenvalue weighted by molar-refractivity contribution is 0.0526. The molecule has 3 nitrogen and oxygen atoms in total. The minimum absolute atomic E-state index is 0.304. The van der Waals surface area contributed by atoms with Crippen molar-refractivity contribution in [3.8, 4) is 5.75 Å². The SMILES string of the molecule is CCOC(=O)c1ccc(OC2CC2)c(Br)c1. The summed E-state index contributed by atoms with van der Waals surface area (Å²) in [7, 11) is 0. The number of rotatable bonds is 4. The number of benzene rings is 1. The molecule has 1 aliphatic rings. The highest BCUT2D eigenvalue weighted by molar-refractivity contribution is 9.10. The van der Waals surface area contributed by atoms with Gasteiger partial charge in [-0.15, -0.1) is 0 Å². The third-order valence-corrected chi connectivity index (χ3v) is 2.88. The van der Waals surface area contributed by atoms with Crippen LogP contribution in [0, 0.1) is 0 Å². The van der Waals surface area contributed by atoms with Crippen LogP contribution in [0.4, 0.5) is 0 Å². The van der Waals surface area contributed by atoms with Crippen LogP contribution in [0.15, 0.2) is 22.7 Å². The van der Waals surface area contributed by atoms with Crippen LogP contribution in [0.2, 0.25) is 0 Å². The zero-order valence-corrected chi connectivity index (χ0v) is 10.6. The maximum absolute atomic E-state index is 11.5. The minimum atomic E-state index is -0.304. The van der Waals surface area contributed by atoms with Gasteiger partial charge in [0, 0.05) is 0 Å². The normalized spacial score (nSPS) is 14.6. The number of carbonyl (C=O) groups is 1. The molecular weight excluding hydrogens is 272 g/mol. The van der Waals surface area contributed by atoms with E-state index >= 15 is 0 Å². The van der Waals surface area contributed by atoms with Crippen LogP contribution in [-0.2, 0) is 4.74 Å². The lowest BCUT2D eigenvalue weighted by atomic mass is 10.2. The summed E-state index contributed by atoms with van der Waals surface area (Å²) in [5.41, 5.74) is 0.539. The molecule has 2 rings (SSSR count). The van der Waals surface area contributed by atoms with E-state index in [0.717, 1.165) is 23.1 Å². The summed E-state index contributed by atoms with van der Waals surface area (Å²) < 4.78 is 11.4. The number of ether oxygens (including phenoxy) is 2. The molecule has 0 radical (unpaired) electrons. The zero-order chi connectivity index (χ0) is 11.5. The first-order valence-electron chi connectivity index (χ1n) is 5.34. The highest BCUT2D eigenvalue weighted by Crippen LogP contribution is 2.32. The predicted molar refractivity (Wildman–Crippen MR) is 63.7 cm³/mol. The van der Waals surface area contributed by atoms with Crippen molar-refractivity contribution in [3.63, 3.8) is 0 Å². The Bertz CT molecular complexity index is 399. The molecule has 0 atom stereocenters. The van der Waals surface area contributed by atoms with Crippen molar-refractivity contribution in [3.05, 3.63) is 28.2 Å². The van der Waals surface area contributed by atoms with Crippen LogP contribution in [0.1, 0.15) is 30.1 Å². The molecule has 0 unspecified atom stereocenters. The molecule has 0 N–H and O–H groups in total. The summed E-state index contributed by atoms with van der Waals surface area (Å²) in [6, 6.07) is 5.25. The van der Waals surface area contributed by atoms with Gasteiger partial charge in [-0.2, -0.15) is 0 Å². The van der Waals surface area contributed by atoms with Crippen LogP contribution in [-0.4, -0.2) is 18.7 Å². The van der Waals surface area contributed by atoms with Crippen molar-refractivity contribution >= 4 is 21.9 Å². The van der Waals surface area contributed by atoms with Gasteiger partial charge in [0.2, 0.25) is 0 Å². The van der Waals surface area contributed by atoms with Crippen molar-refractivity contribution in [2.24, 2.45) is 0 Å². The molecule has 0 aliphatic heterocycles. The molecule has 16 heavy (non-hydrogen) atoms. The second kappa shape index (κ2) is 4.87. The second-order valence-corrected chi connectivity index (χ2v) is 4.54. The summed E-state index contributed by atoms with van der Waals surface area (Å²) in [5.74, 6) is 0.483. The fourth-order valence-corrected chi connectivity index (χ4v) is 1.78. The quantitative estimate of drug-likeness (QED) is 0.797. The van der Waals surface area contributed by atoms with E-state index in [4.69, 9.17) is 9.47 Å². The number of hydrogen-bond donors (Lipinski definition) is 0. The molecule has 1 aliphatic carbocycles. The van der Waals surface area contributed by atoms with E-state index in [1.807, 2.05) is 0 Å². The Balaban J connectivity index is 2.11. The molecule has 0 saturated heterocycles. The van der Waals surface area contributed by atoms with Crippen molar-refractivity contribution in [1.29, 1.82) is 0 Å². The van der Waals surface area contributed by atoms with Crippen molar-refractivity contribution in [1.82, 2.24) is 0 Å². The van der Waals surface area contributed by atoms with Crippen LogP contribution < -0.4 is 4.74 Å².